The highest BCUT2D eigenvalue weighted by atomic mass is 35.5. The van der Waals surface area contributed by atoms with Gasteiger partial charge in [0.25, 0.3) is 5.56 Å². The fourth-order valence-corrected chi connectivity index (χ4v) is 3.20. The van der Waals surface area contributed by atoms with Gasteiger partial charge in [-0.1, -0.05) is 48.0 Å². The molecule has 4 aromatic rings. The summed E-state index contributed by atoms with van der Waals surface area (Å²) in [5.41, 5.74) is 4.20. The van der Waals surface area contributed by atoms with Crippen molar-refractivity contribution in [2.24, 2.45) is 0 Å². The standard InChI is InChI=1S/C22H15ClF3N3O2/c23-16-10-8-14(9-11-16)13-27-29-20(28-19-7-2-1-6-18(19)21(29)30)15-4-3-5-17(12-15)31-22(24,25)26/h1-12,27H,13H2. The van der Waals surface area contributed by atoms with Crippen molar-refractivity contribution < 1.29 is 17.9 Å². The smallest absolute Gasteiger partial charge is 0.406 e. The first-order chi connectivity index (χ1) is 14.8. The number of benzene rings is 3. The lowest BCUT2D eigenvalue weighted by molar-refractivity contribution is -0.274. The van der Waals surface area contributed by atoms with E-state index in [4.69, 9.17) is 11.6 Å². The maximum absolute atomic E-state index is 13.1. The van der Waals surface area contributed by atoms with Gasteiger partial charge in [-0.2, -0.15) is 0 Å². The van der Waals surface area contributed by atoms with E-state index in [1.807, 2.05) is 0 Å². The fourth-order valence-electron chi connectivity index (χ4n) is 3.08. The van der Waals surface area contributed by atoms with E-state index in [0.717, 1.165) is 5.56 Å². The average molecular weight is 446 g/mol. The largest absolute Gasteiger partial charge is 0.573 e. The van der Waals surface area contributed by atoms with Crippen LogP contribution in [0.2, 0.25) is 5.02 Å². The third kappa shape index (κ3) is 4.80. The van der Waals surface area contributed by atoms with Crippen LogP contribution in [-0.4, -0.2) is 16.0 Å². The summed E-state index contributed by atoms with van der Waals surface area (Å²) in [5, 5.41) is 0.952. The van der Waals surface area contributed by atoms with Crippen LogP contribution in [0.15, 0.2) is 77.6 Å². The van der Waals surface area contributed by atoms with Crippen molar-refractivity contribution in [1.82, 2.24) is 9.66 Å². The summed E-state index contributed by atoms with van der Waals surface area (Å²) in [6, 6.07) is 19.1. The van der Waals surface area contributed by atoms with E-state index >= 15 is 0 Å². The number of alkyl halides is 3. The molecule has 9 heteroatoms. The number of aromatic nitrogens is 2. The quantitative estimate of drug-likeness (QED) is 0.449. The molecule has 158 valence electrons. The van der Waals surface area contributed by atoms with Gasteiger partial charge in [0, 0.05) is 10.6 Å². The Balaban J connectivity index is 1.80. The minimum atomic E-state index is -4.83. The van der Waals surface area contributed by atoms with Gasteiger partial charge in [0.1, 0.15) is 5.75 Å². The molecule has 0 saturated carbocycles. The van der Waals surface area contributed by atoms with Crippen LogP contribution >= 0.6 is 11.6 Å². The minimum absolute atomic E-state index is 0.158. The van der Waals surface area contributed by atoms with E-state index in [2.05, 4.69) is 15.1 Å². The summed E-state index contributed by atoms with van der Waals surface area (Å²) >= 11 is 5.91. The van der Waals surface area contributed by atoms with Crippen LogP contribution in [0.25, 0.3) is 22.3 Å². The molecule has 1 N–H and O–H groups in total. The predicted octanol–water partition coefficient (Wildman–Crippen LogP) is 5.36. The molecule has 0 amide bonds. The van der Waals surface area contributed by atoms with Crippen molar-refractivity contribution in [3.05, 3.63) is 93.7 Å². The highest BCUT2D eigenvalue weighted by Gasteiger charge is 2.31. The van der Waals surface area contributed by atoms with E-state index in [-0.39, 0.29) is 23.5 Å². The van der Waals surface area contributed by atoms with E-state index in [9.17, 15) is 18.0 Å². The fraction of sp³-hybridized carbons (Fsp3) is 0.0909. The molecule has 0 spiro atoms. The third-order valence-corrected chi connectivity index (χ3v) is 4.71. The highest BCUT2D eigenvalue weighted by Crippen LogP contribution is 2.27. The molecule has 0 unspecified atom stereocenters. The Hall–Kier alpha value is -3.52. The molecule has 0 fully saturated rings. The molecule has 0 atom stereocenters. The van der Waals surface area contributed by atoms with Crippen LogP contribution in [0.3, 0.4) is 0 Å². The summed E-state index contributed by atoms with van der Waals surface area (Å²) in [6.45, 7) is 0.267. The van der Waals surface area contributed by atoms with Crippen molar-refractivity contribution in [2.45, 2.75) is 12.9 Å². The van der Waals surface area contributed by atoms with Gasteiger partial charge >= 0.3 is 6.36 Å². The number of hydrogen-bond acceptors (Lipinski definition) is 4. The lowest BCUT2D eigenvalue weighted by Gasteiger charge is -2.16. The van der Waals surface area contributed by atoms with Gasteiger partial charge in [0.05, 0.1) is 17.4 Å². The number of ether oxygens (including phenoxy) is 1. The van der Waals surface area contributed by atoms with Crippen LogP contribution in [0, 0.1) is 0 Å². The molecule has 5 nitrogen and oxygen atoms in total. The summed E-state index contributed by atoms with van der Waals surface area (Å²) < 4.78 is 43.2. The molecule has 1 heterocycles. The second kappa shape index (κ2) is 8.31. The number of para-hydroxylation sites is 1. The molecule has 4 rings (SSSR count). The zero-order chi connectivity index (χ0) is 22.0. The van der Waals surface area contributed by atoms with Gasteiger partial charge < -0.3 is 10.2 Å². The number of nitrogens with one attached hydrogen (secondary N) is 1. The number of nitrogens with zero attached hydrogens (tertiary/aromatic N) is 2. The van der Waals surface area contributed by atoms with Crippen LogP contribution in [0.5, 0.6) is 5.75 Å². The number of hydrogen-bond donors (Lipinski definition) is 1. The first-order valence-electron chi connectivity index (χ1n) is 9.16. The summed E-state index contributed by atoms with van der Waals surface area (Å²) in [5.74, 6) is -0.248. The zero-order valence-electron chi connectivity index (χ0n) is 15.9. The van der Waals surface area contributed by atoms with Crippen molar-refractivity contribution in [1.29, 1.82) is 0 Å². The Bertz CT molecular complexity index is 1290. The molecule has 0 aliphatic carbocycles. The van der Waals surface area contributed by atoms with E-state index in [1.165, 1.54) is 22.9 Å². The second-order valence-corrected chi connectivity index (χ2v) is 7.07. The van der Waals surface area contributed by atoms with Crippen molar-refractivity contribution in [3.8, 4) is 17.1 Å². The molecule has 1 aromatic heterocycles. The second-order valence-electron chi connectivity index (χ2n) is 6.63. The summed E-state index contributed by atoms with van der Waals surface area (Å²) in [6.07, 6.45) is -4.83. The predicted molar refractivity (Wildman–Crippen MR) is 113 cm³/mol. The molecule has 0 radical (unpaired) electrons. The molecule has 31 heavy (non-hydrogen) atoms. The molecule has 3 aromatic carbocycles. The first-order valence-corrected chi connectivity index (χ1v) is 9.54. The maximum atomic E-state index is 13.1. The molecule has 0 saturated heterocycles. The molecular formula is C22H15ClF3N3O2. The minimum Gasteiger partial charge on any atom is -0.406 e. The Morgan fingerprint density at radius 2 is 1.74 bits per heavy atom. The van der Waals surface area contributed by atoms with E-state index in [0.29, 0.717) is 15.9 Å². The average Bonchev–Trinajstić information content (AvgIpc) is 2.73. The van der Waals surface area contributed by atoms with Crippen molar-refractivity contribution in [3.63, 3.8) is 0 Å². The van der Waals surface area contributed by atoms with Crippen LogP contribution in [0.1, 0.15) is 5.56 Å². The van der Waals surface area contributed by atoms with Crippen LogP contribution in [0.4, 0.5) is 13.2 Å². The van der Waals surface area contributed by atoms with Gasteiger partial charge in [-0.15, -0.1) is 13.2 Å². The number of fused-ring (bicyclic) bond motifs is 1. The Kier molecular flexibility index (Phi) is 5.56. The highest BCUT2D eigenvalue weighted by molar-refractivity contribution is 6.30. The monoisotopic (exact) mass is 445 g/mol. The summed E-state index contributed by atoms with van der Waals surface area (Å²) in [7, 11) is 0. The van der Waals surface area contributed by atoms with E-state index < -0.39 is 12.1 Å². The van der Waals surface area contributed by atoms with E-state index in [1.54, 1.807) is 54.6 Å². The third-order valence-electron chi connectivity index (χ3n) is 4.46. The van der Waals surface area contributed by atoms with Gasteiger partial charge in [0.15, 0.2) is 5.82 Å². The topological polar surface area (TPSA) is 56.1 Å². The normalized spacial score (nSPS) is 11.5. The Labute approximate surface area is 179 Å². The van der Waals surface area contributed by atoms with Crippen molar-refractivity contribution >= 4 is 22.5 Å². The van der Waals surface area contributed by atoms with Gasteiger partial charge in [-0.3, -0.25) is 4.79 Å². The van der Waals surface area contributed by atoms with Crippen LogP contribution in [-0.2, 0) is 6.54 Å². The molecular weight excluding hydrogens is 431 g/mol. The first kappa shape index (κ1) is 20.7. The maximum Gasteiger partial charge on any atom is 0.573 e. The Morgan fingerprint density at radius 1 is 1.00 bits per heavy atom. The molecule has 0 aliphatic heterocycles. The number of rotatable bonds is 5. The summed E-state index contributed by atoms with van der Waals surface area (Å²) in [4.78, 5) is 17.7. The SMILES string of the molecule is O=c1c2ccccc2nc(-c2cccc(OC(F)(F)F)c2)n1NCc1ccc(Cl)cc1. The van der Waals surface area contributed by atoms with Gasteiger partial charge in [-0.25, -0.2) is 9.66 Å². The lowest BCUT2D eigenvalue weighted by Crippen LogP contribution is -2.31. The number of halogens is 4. The zero-order valence-corrected chi connectivity index (χ0v) is 16.6. The molecule has 0 bridgehead atoms. The Morgan fingerprint density at radius 3 is 2.48 bits per heavy atom. The lowest BCUT2D eigenvalue weighted by atomic mass is 10.1. The van der Waals surface area contributed by atoms with Crippen molar-refractivity contribution in [2.75, 3.05) is 5.43 Å². The van der Waals surface area contributed by atoms with Crippen LogP contribution < -0.4 is 15.7 Å². The molecule has 0 aliphatic rings. The van der Waals surface area contributed by atoms with Gasteiger partial charge in [-0.05, 0) is 42.0 Å². The van der Waals surface area contributed by atoms with Gasteiger partial charge in [0.2, 0.25) is 0 Å².